The lowest BCUT2D eigenvalue weighted by Gasteiger charge is -2.18. The number of halogens is 1. The van der Waals surface area contributed by atoms with E-state index in [9.17, 15) is 4.79 Å². The maximum atomic E-state index is 11.8. The van der Waals surface area contributed by atoms with Crippen LogP contribution in [0.4, 0.5) is 0 Å². The maximum Gasteiger partial charge on any atom is 0.262 e. The first-order valence-electron chi connectivity index (χ1n) is 6.71. The number of nitrogens with zero attached hydrogens (tertiary/aromatic N) is 1. The Balaban J connectivity index is 2.09. The summed E-state index contributed by atoms with van der Waals surface area (Å²) in [5, 5.41) is 0. The van der Waals surface area contributed by atoms with Gasteiger partial charge in [0.05, 0.1) is 0 Å². The third kappa shape index (κ3) is 4.08. The van der Waals surface area contributed by atoms with Crippen LogP contribution in [-0.4, -0.2) is 31.0 Å². The standard InChI is InChI=1S/C17H18BrNO2/c1-12(17(20)19(2)3)21-16-10-6-14(7-11-16)13-4-8-15(18)9-5-13/h4-12H,1-3H3/t12-/m1/s1. The Hall–Kier alpha value is -1.81. The molecule has 4 heteroatoms. The molecule has 110 valence electrons. The second-order valence-electron chi connectivity index (χ2n) is 5.02. The summed E-state index contributed by atoms with van der Waals surface area (Å²) < 4.78 is 6.71. The Morgan fingerprint density at radius 2 is 1.48 bits per heavy atom. The van der Waals surface area contributed by atoms with Crippen LogP contribution in [0.25, 0.3) is 11.1 Å². The van der Waals surface area contributed by atoms with E-state index in [1.54, 1.807) is 21.0 Å². The first-order chi connectivity index (χ1) is 9.97. The van der Waals surface area contributed by atoms with Crippen molar-refractivity contribution in [3.05, 3.63) is 53.0 Å². The molecule has 0 aliphatic carbocycles. The molecule has 0 spiro atoms. The fourth-order valence-corrected chi connectivity index (χ4v) is 2.25. The van der Waals surface area contributed by atoms with Crippen LogP contribution >= 0.6 is 15.9 Å². The Labute approximate surface area is 133 Å². The van der Waals surface area contributed by atoms with Crippen molar-refractivity contribution >= 4 is 21.8 Å². The molecule has 0 saturated heterocycles. The molecule has 2 aromatic rings. The zero-order valence-corrected chi connectivity index (χ0v) is 13.9. The summed E-state index contributed by atoms with van der Waals surface area (Å²) in [5.41, 5.74) is 2.25. The van der Waals surface area contributed by atoms with Crippen molar-refractivity contribution in [1.82, 2.24) is 4.90 Å². The molecule has 0 N–H and O–H groups in total. The first-order valence-corrected chi connectivity index (χ1v) is 7.50. The molecule has 0 aromatic heterocycles. The first kappa shape index (κ1) is 15.6. The van der Waals surface area contributed by atoms with E-state index in [1.807, 2.05) is 36.4 Å². The van der Waals surface area contributed by atoms with Crippen molar-refractivity contribution in [2.24, 2.45) is 0 Å². The third-order valence-electron chi connectivity index (χ3n) is 3.13. The Kier molecular flexibility index (Phi) is 5.02. The van der Waals surface area contributed by atoms with E-state index in [0.717, 1.165) is 15.6 Å². The second kappa shape index (κ2) is 6.76. The van der Waals surface area contributed by atoms with Gasteiger partial charge in [0.2, 0.25) is 0 Å². The van der Waals surface area contributed by atoms with E-state index in [2.05, 4.69) is 28.1 Å². The molecule has 0 saturated carbocycles. The topological polar surface area (TPSA) is 29.5 Å². The van der Waals surface area contributed by atoms with Gasteiger partial charge < -0.3 is 9.64 Å². The van der Waals surface area contributed by atoms with Crippen molar-refractivity contribution in [2.45, 2.75) is 13.0 Å². The third-order valence-corrected chi connectivity index (χ3v) is 3.66. The molecule has 0 unspecified atom stereocenters. The van der Waals surface area contributed by atoms with Crippen LogP contribution < -0.4 is 4.74 Å². The van der Waals surface area contributed by atoms with Gasteiger partial charge in [0.1, 0.15) is 5.75 Å². The Morgan fingerprint density at radius 1 is 1.00 bits per heavy atom. The number of ether oxygens (including phenoxy) is 1. The quantitative estimate of drug-likeness (QED) is 0.837. The molecule has 0 heterocycles. The van der Waals surface area contributed by atoms with Crippen LogP contribution in [0, 0.1) is 0 Å². The summed E-state index contributed by atoms with van der Waals surface area (Å²) in [6.45, 7) is 1.75. The van der Waals surface area contributed by atoms with Crippen molar-refractivity contribution in [3.63, 3.8) is 0 Å². The molecule has 0 aliphatic rings. The second-order valence-corrected chi connectivity index (χ2v) is 5.94. The van der Waals surface area contributed by atoms with E-state index in [0.29, 0.717) is 5.75 Å². The van der Waals surface area contributed by atoms with E-state index in [4.69, 9.17) is 4.74 Å². The molecule has 0 fully saturated rings. The maximum absolute atomic E-state index is 11.8. The van der Waals surface area contributed by atoms with Crippen molar-refractivity contribution in [2.75, 3.05) is 14.1 Å². The lowest BCUT2D eigenvalue weighted by Crippen LogP contribution is -2.35. The van der Waals surface area contributed by atoms with E-state index < -0.39 is 6.10 Å². The van der Waals surface area contributed by atoms with Gasteiger partial charge in [0, 0.05) is 18.6 Å². The molecule has 1 atom stereocenters. The van der Waals surface area contributed by atoms with Gasteiger partial charge in [-0.2, -0.15) is 0 Å². The van der Waals surface area contributed by atoms with Gasteiger partial charge in [0.15, 0.2) is 6.10 Å². The van der Waals surface area contributed by atoms with Crippen LogP contribution in [0.2, 0.25) is 0 Å². The smallest absolute Gasteiger partial charge is 0.262 e. The van der Waals surface area contributed by atoms with Crippen molar-refractivity contribution < 1.29 is 9.53 Å². The summed E-state index contributed by atoms with van der Waals surface area (Å²) in [4.78, 5) is 13.3. The van der Waals surface area contributed by atoms with Gasteiger partial charge in [-0.05, 0) is 42.3 Å². The van der Waals surface area contributed by atoms with Crippen molar-refractivity contribution in [1.29, 1.82) is 0 Å². The molecule has 0 radical (unpaired) electrons. The van der Waals surface area contributed by atoms with Gasteiger partial charge in [-0.3, -0.25) is 4.79 Å². The predicted molar refractivity (Wildman–Crippen MR) is 88.4 cm³/mol. The lowest BCUT2D eigenvalue weighted by atomic mass is 10.1. The Bertz CT molecular complexity index is 606. The number of likely N-dealkylation sites (N-methyl/N-ethyl adjacent to an activating group) is 1. The number of amides is 1. The number of carbonyl (C=O) groups excluding carboxylic acids is 1. The SMILES string of the molecule is C[C@@H](Oc1ccc(-c2ccc(Br)cc2)cc1)C(=O)N(C)C. The highest BCUT2D eigenvalue weighted by Crippen LogP contribution is 2.24. The van der Waals surface area contributed by atoms with Gasteiger partial charge in [-0.25, -0.2) is 0 Å². The molecule has 2 rings (SSSR count). The van der Waals surface area contributed by atoms with E-state index >= 15 is 0 Å². The highest BCUT2D eigenvalue weighted by Gasteiger charge is 2.16. The van der Waals surface area contributed by atoms with Crippen LogP contribution in [0.15, 0.2) is 53.0 Å². The molecule has 3 nitrogen and oxygen atoms in total. The number of benzene rings is 2. The summed E-state index contributed by atoms with van der Waals surface area (Å²) in [7, 11) is 3.44. The highest BCUT2D eigenvalue weighted by atomic mass is 79.9. The van der Waals surface area contributed by atoms with Gasteiger partial charge in [-0.1, -0.05) is 40.2 Å². The minimum Gasteiger partial charge on any atom is -0.481 e. The predicted octanol–water partition coefficient (Wildman–Crippen LogP) is 3.97. The molecule has 21 heavy (non-hydrogen) atoms. The highest BCUT2D eigenvalue weighted by molar-refractivity contribution is 9.10. The molecular formula is C17H18BrNO2. The van der Waals surface area contributed by atoms with Gasteiger partial charge in [-0.15, -0.1) is 0 Å². The zero-order valence-electron chi connectivity index (χ0n) is 12.3. The zero-order chi connectivity index (χ0) is 15.4. The number of carbonyl (C=O) groups is 1. The summed E-state index contributed by atoms with van der Waals surface area (Å²) in [6.07, 6.45) is -0.487. The number of hydrogen-bond acceptors (Lipinski definition) is 2. The van der Waals surface area contributed by atoms with Crippen LogP contribution in [0.5, 0.6) is 5.75 Å². The number of hydrogen-bond donors (Lipinski definition) is 0. The summed E-state index contributed by atoms with van der Waals surface area (Å²) >= 11 is 3.43. The van der Waals surface area contributed by atoms with Crippen LogP contribution in [0.1, 0.15) is 6.92 Å². The summed E-state index contributed by atoms with van der Waals surface area (Å²) in [6, 6.07) is 15.9. The molecule has 0 bridgehead atoms. The molecule has 1 amide bonds. The van der Waals surface area contributed by atoms with E-state index in [1.165, 1.54) is 4.90 Å². The molecular weight excluding hydrogens is 330 g/mol. The largest absolute Gasteiger partial charge is 0.481 e. The minimum atomic E-state index is -0.487. The van der Waals surface area contributed by atoms with Crippen LogP contribution in [0.3, 0.4) is 0 Å². The number of rotatable bonds is 4. The minimum absolute atomic E-state index is 0.0491. The van der Waals surface area contributed by atoms with Gasteiger partial charge >= 0.3 is 0 Å². The monoisotopic (exact) mass is 347 g/mol. The van der Waals surface area contributed by atoms with Crippen molar-refractivity contribution in [3.8, 4) is 16.9 Å². The fraction of sp³-hybridized carbons (Fsp3) is 0.235. The fourth-order valence-electron chi connectivity index (χ4n) is 1.99. The average Bonchev–Trinajstić information content (AvgIpc) is 2.48. The normalized spacial score (nSPS) is 11.8. The Morgan fingerprint density at radius 3 is 1.95 bits per heavy atom. The average molecular weight is 348 g/mol. The van der Waals surface area contributed by atoms with Gasteiger partial charge in [0.25, 0.3) is 5.91 Å². The van der Waals surface area contributed by atoms with E-state index in [-0.39, 0.29) is 5.91 Å². The lowest BCUT2D eigenvalue weighted by molar-refractivity contribution is -0.135. The molecule has 2 aromatic carbocycles. The molecule has 0 aliphatic heterocycles. The summed E-state index contributed by atoms with van der Waals surface area (Å²) in [5.74, 6) is 0.644. The van der Waals surface area contributed by atoms with Crippen LogP contribution in [-0.2, 0) is 4.79 Å².